The molecular formula is C16H22O3. The average molecular weight is 262 g/mol. The molecule has 1 aliphatic rings. The van der Waals surface area contributed by atoms with Crippen LogP contribution < -0.4 is 0 Å². The summed E-state index contributed by atoms with van der Waals surface area (Å²) in [6, 6.07) is 10.5. The first-order valence-electron chi connectivity index (χ1n) is 7.14. The predicted molar refractivity (Wildman–Crippen MR) is 74.1 cm³/mol. The number of carboxylic acids is 1. The van der Waals surface area contributed by atoms with Gasteiger partial charge in [0.15, 0.2) is 0 Å². The molecule has 1 aliphatic carbocycles. The Kier molecular flexibility index (Phi) is 5.40. The van der Waals surface area contributed by atoms with E-state index in [0.717, 1.165) is 38.7 Å². The third-order valence-corrected chi connectivity index (χ3v) is 3.79. The van der Waals surface area contributed by atoms with Crippen molar-refractivity contribution in [2.45, 2.75) is 44.6 Å². The van der Waals surface area contributed by atoms with Crippen molar-refractivity contribution >= 4 is 5.97 Å². The van der Waals surface area contributed by atoms with Gasteiger partial charge in [-0.25, -0.2) is 0 Å². The Morgan fingerprint density at radius 1 is 1.21 bits per heavy atom. The van der Waals surface area contributed by atoms with Crippen molar-refractivity contribution in [2.24, 2.45) is 5.92 Å². The topological polar surface area (TPSA) is 46.5 Å². The second-order valence-electron chi connectivity index (χ2n) is 5.28. The van der Waals surface area contributed by atoms with Gasteiger partial charge >= 0.3 is 5.97 Å². The lowest BCUT2D eigenvalue weighted by Gasteiger charge is -2.11. The summed E-state index contributed by atoms with van der Waals surface area (Å²) in [7, 11) is 0. The monoisotopic (exact) mass is 262 g/mol. The minimum absolute atomic E-state index is 0.165. The first-order valence-corrected chi connectivity index (χ1v) is 7.14. The molecule has 0 aromatic heterocycles. The van der Waals surface area contributed by atoms with Crippen LogP contribution in [0.5, 0.6) is 0 Å². The van der Waals surface area contributed by atoms with E-state index in [4.69, 9.17) is 9.84 Å². The molecule has 1 N–H and O–H groups in total. The summed E-state index contributed by atoms with van der Waals surface area (Å²) in [5.74, 6) is -0.857. The number of hydrogen-bond acceptors (Lipinski definition) is 2. The first kappa shape index (κ1) is 14.1. The summed E-state index contributed by atoms with van der Waals surface area (Å²) in [5, 5.41) is 8.91. The van der Waals surface area contributed by atoms with E-state index in [1.54, 1.807) is 0 Å². The lowest BCUT2D eigenvalue weighted by Crippen LogP contribution is -2.13. The Labute approximate surface area is 114 Å². The fourth-order valence-corrected chi connectivity index (χ4v) is 2.64. The third-order valence-electron chi connectivity index (χ3n) is 3.79. The van der Waals surface area contributed by atoms with E-state index in [-0.39, 0.29) is 12.0 Å². The zero-order valence-corrected chi connectivity index (χ0v) is 11.3. The van der Waals surface area contributed by atoms with Crippen LogP contribution in [0.15, 0.2) is 30.3 Å². The summed E-state index contributed by atoms with van der Waals surface area (Å²) in [6.45, 7) is 0.754. The summed E-state index contributed by atoms with van der Waals surface area (Å²) in [6.07, 6.45) is 5.78. The van der Waals surface area contributed by atoms with Gasteiger partial charge in [-0.1, -0.05) is 30.3 Å². The smallest absolute Gasteiger partial charge is 0.306 e. The standard InChI is InChI=1S/C16H22O3/c17-16(18)14-9-10-15(12-14)19-11-5-4-8-13-6-2-1-3-7-13/h1-3,6-7,14-15H,4-5,8-12H2,(H,17,18)/t14-,15+/m0/s1. The van der Waals surface area contributed by atoms with Crippen LogP contribution in [-0.4, -0.2) is 23.8 Å². The maximum atomic E-state index is 10.8. The number of benzene rings is 1. The Morgan fingerprint density at radius 3 is 2.68 bits per heavy atom. The van der Waals surface area contributed by atoms with Crippen LogP contribution in [0.3, 0.4) is 0 Å². The Balaban J connectivity index is 1.54. The van der Waals surface area contributed by atoms with Crippen LogP contribution in [-0.2, 0) is 16.0 Å². The number of unbranched alkanes of at least 4 members (excludes halogenated alkanes) is 1. The van der Waals surface area contributed by atoms with Gasteiger partial charge in [-0.05, 0) is 44.1 Å². The number of carbonyl (C=O) groups is 1. The molecule has 0 aliphatic heterocycles. The van der Waals surface area contributed by atoms with Gasteiger partial charge in [-0.2, -0.15) is 0 Å². The Hall–Kier alpha value is -1.35. The minimum Gasteiger partial charge on any atom is -0.481 e. The lowest BCUT2D eigenvalue weighted by atomic mass is 10.1. The van der Waals surface area contributed by atoms with Gasteiger partial charge < -0.3 is 9.84 Å². The molecule has 0 spiro atoms. The summed E-state index contributed by atoms with van der Waals surface area (Å²) >= 11 is 0. The van der Waals surface area contributed by atoms with Crippen molar-refractivity contribution in [1.82, 2.24) is 0 Å². The first-order chi connectivity index (χ1) is 9.25. The van der Waals surface area contributed by atoms with Crippen LogP contribution >= 0.6 is 0 Å². The molecule has 0 unspecified atom stereocenters. The normalized spacial score (nSPS) is 22.5. The van der Waals surface area contributed by atoms with Crippen molar-refractivity contribution in [3.63, 3.8) is 0 Å². The highest BCUT2D eigenvalue weighted by atomic mass is 16.5. The molecule has 1 aromatic carbocycles. The summed E-state index contributed by atoms with van der Waals surface area (Å²) < 4.78 is 5.76. The molecule has 3 heteroatoms. The minimum atomic E-state index is -0.671. The second-order valence-corrected chi connectivity index (χ2v) is 5.28. The van der Waals surface area contributed by atoms with Crippen molar-refractivity contribution in [2.75, 3.05) is 6.61 Å². The molecule has 1 saturated carbocycles. The highest BCUT2D eigenvalue weighted by Crippen LogP contribution is 2.28. The van der Waals surface area contributed by atoms with E-state index >= 15 is 0 Å². The van der Waals surface area contributed by atoms with E-state index in [1.807, 2.05) is 6.07 Å². The van der Waals surface area contributed by atoms with Gasteiger partial charge in [-0.15, -0.1) is 0 Å². The maximum Gasteiger partial charge on any atom is 0.306 e. The van der Waals surface area contributed by atoms with E-state index < -0.39 is 5.97 Å². The molecule has 2 rings (SSSR count). The summed E-state index contributed by atoms with van der Waals surface area (Å²) in [4.78, 5) is 10.8. The molecule has 1 fully saturated rings. The SMILES string of the molecule is O=C(O)[C@H]1CC[C@@H](OCCCCc2ccccc2)C1. The van der Waals surface area contributed by atoms with E-state index in [2.05, 4.69) is 24.3 Å². The lowest BCUT2D eigenvalue weighted by molar-refractivity contribution is -0.141. The highest BCUT2D eigenvalue weighted by molar-refractivity contribution is 5.70. The number of carboxylic acid groups (broad SMARTS) is 1. The van der Waals surface area contributed by atoms with Crippen molar-refractivity contribution < 1.29 is 14.6 Å². The van der Waals surface area contributed by atoms with Gasteiger partial charge in [0.2, 0.25) is 0 Å². The van der Waals surface area contributed by atoms with Crippen molar-refractivity contribution in [1.29, 1.82) is 0 Å². The van der Waals surface area contributed by atoms with Gasteiger partial charge in [0, 0.05) is 6.61 Å². The summed E-state index contributed by atoms with van der Waals surface area (Å²) in [5.41, 5.74) is 1.37. The quantitative estimate of drug-likeness (QED) is 0.767. The van der Waals surface area contributed by atoms with Crippen LogP contribution in [0.4, 0.5) is 0 Å². The fourth-order valence-electron chi connectivity index (χ4n) is 2.64. The van der Waals surface area contributed by atoms with Crippen LogP contribution in [0.25, 0.3) is 0 Å². The van der Waals surface area contributed by atoms with Crippen LogP contribution in [0.2, 0.25) is 0 Å². The largest absolute Gasteiger partial charge is 0.481 e. The van der Waals surface area contributed by atoms with Crippen LogP contribution in [0.1, 0.15) is 37.7 Å². The number of hydrogen-bond donors (Lipinski definition) is 1. The number of aliphatic carboxylic acids is 1. The zero-order chi connectivity index (χ0) is 13.5. The Morgan fingerprint density at radius 2 is 2.00 bits per heavy atom. The molecule has 0 saturated heterocycles. The molecular weight excluding hydrogens is 240 g/mol. The third kappa shape index (κ3) is 4.67. The molecule has 19 heavy (non-hydrogen) atoms. The van der Waals surface area contributed by atoms with Crippen molar-refractivity contribution in [3.05, 3.63) is 35.9 Å². The van der Waals surface area contributed by atoms with Gasteiger partial charge in [0.25, 0.3) is 0 Å². The molecule has 1 aromatic rings. The average Bonchev–Trinajstić information content (AvgIpc) is 2.89. The Bertz CT molecular complexity index is 388. The fraction of sp³-hybridized carbons (Fsp3) is 0.562. The van der Waals surface area contributed by atoms with Crippen molar-refractivity contribution in [3.8, 4) is 0 Å². The zero-order valence-electron chi connectivity index (χ0n) is 11.3. The molecule has 104 valence electrons. The van der Waals surface area contributed by atoms with E-state index in [1.165, 1.54) is 5.56 Å². The van der Waals surface area contributed by atoms with Gasteiger partial charge in [0.1, 0.15) is 0 Å². The van der Waals surface area contributed by atoms with Gasteiger partial charge in [-0.3, -0.25) is 4.79 Å². The molecule has 0 heterocycles. The maximum absolute atomic E-state index is 10.8. The van der Waals surface area contributed by atoms with Gasteiger partial charge in [0.05, 0.1) is 12.0 Å². The molecule has 0 bridgehead atoms. The number of rotatable bonds is 7. The van der Waals surface area contributed by atoms with Crippen LogP contribution in [0, 0.1) is 5.92 Å². The molecule has 0 radical (unpaired) electrons. The van der Waals surface area contributed by atoms with E-state index in [0.29, 0.717) is 6.42 Å². The number of ether oxygens (including phenoxy) is 1. The van der Waals surface area contributed by atoms with E-state index in [9.17, 15) is 4.79 Å². The number of aryl methyl sites for hydroxylation is 1. The molecule has 2 atom stereocenters. The highest BCUT2D eigenvalue weighted by Gasteiger charge is 2.29. The molecule has 0 amide bonds. The molecule has 3 nitrogen and oxygen atoms in total. The predicted octanol–water partition coefficient (Wildman–Crippen LogP) is 3.28. The second kappa shape index (κ2) is 7.29.